The Kier molecular flexibility index (Phi) is 4.23. The van der Waals surface area contributed by atoms with E-state index in [1.54, 1.807) is 7.05 Å². The van der Waals surface area contributed by atoms with Crippen LogP contribution in [0, 0.1) is 17.6 Å². The molecule has 2 N–H and O–H groups in total. The van der Waals surface area contributed by atoms with Crippen molar-refractivity contribution in [1.82, 2.24) is 9.80 Å². The molecule has 110 valence electrons. The number of nitrogen functional groups attached to an aromatic ring is 1. The molecule has 0 aromatic heterocycles. The molecule has 1 aliphatic heterocycles. The number of halogens is 2. The minimum atomic E-state index is -0.878. The van der Waals surface area contributed by atoms with Gasteiger partial charge in [-0.15, -0.1) is 0 Å². The highest BCUT2D eigenvalue weighted by Crippen LogP contribution is 2.20. The van der Waals surface area contributed by atoms with Gasteiger partial charge in [0.1, 0.15) is 11.6 Å². The monoisotopic (exact) mass is 283 g/mol. The van der Waals surface area contributed by atoms with Crippen molar-refractivity contribution < 1.29 is 13.6 Å². The number of nitrogens with two attached hydrogens (primary N) is 1. The number of nitrogens with zero attached hydrogens (tertiary/aromatic N) is 2. The molecule has 1 heterocycles. The molecule has 1 fully saturated rings. The minimum absolute atomic E-state index is 0.183. The van der Waals surface area contributed by atoms with Gasteiger partial charge in [0.2, 0.25) is 0 Å². The lowest BCUT2D eigenvalue weighted by Gasteiger charge is -2.21. The zero-order valence-corrected chi connectivity index (χ0v) is 11.7. The van der Waals surface area contributed by atoms with Gasteiger partial charge in [-0.25, -0.2) is 8.78 Å². The van der Waals surface area contributed by atoms with Crippen molar-refractivity contribution in [1.29, 1.82) is 0 Å². The summed E-state index contributed by atoms with van der Waals surface area (Å²) in [6, 6.07) is 1.71. The van der Waals surface area contributed by atoms with Crippen LogP contribution in [0.2, 0.25) is 0 Å². The third-order valence-electron chi connectivity index (χ3n) is 3.68. The van der Waals surface area contributed by atoms with E-state index < -0.39 is 17.5 Å². The van der Waals surface area contributed by atoms with E-state index in [4.69, 9.17) is 5.73 Å². The Morgan fingerprint density at radius 3 is 2.75 bits per heavy atom. The fourth-order valence-corrected chi connectivity index (χ4v) is 2.58. The lowest BCUT2D eigenvalue weighted by Crippen LogP contribution is -2.33. The molecule has 1 aromatic carbocycles. The molecule has 6 heteroatoms. The molecule has 0 aliphatic carbocycles. The molecule has 1 aliphatic rings. The number of benzene rings is 1. The first-order valence-corrected chi connectivity index (χ1v) is 6.57. The maximum atomic E-state index is 13.7. The highest BCUT2D eigenvalue weighted by Gasteiger charge is 2.24. The molecule has 0 spiro atoms. The maximum Gasteiger partial charge on any atom is 0.256 e. The third kappa shape index (κ3) is 3.07. The topological polar surface area (TPSA) is 49.6 Å². The van der Waals surface area contributed by atoms with Gasteiger partial charge in [0.25, 0.3) is 5.91 Å². The summed E-state index contributed by atoms with van der Waals surface area (Å²) >= 11 is 0. The first-order valence-electron chi connectivity index (χ1n) is 6.57. The van der Waals surface area contributed by atoms with Crippen molar-refractivity contribution in [2.45, 2.75) is 6.42 Å². The number of carbonyl (C=O) groups excluding carboxylic acids is 1. The number of amides is 1. The van der Waals surface area contributed by atoms with Crippen LogP contribution in [0.1, 0.15) is 16.8 Å². The van der Waals surface area contributed by atoms with Crippen molar-refractivity contribution in [3.8, 4) is 0 Å². The van der Waals surface area contributed by atoms with Gasteiger partial charge in [0.15, 0.2) is 0 Å². The van der Waals surface area contributed by atoms with E-state index in [2.05, 4.69) is 4.90 Å². The second kappa shape index (κ2) is 5.75. The smallest absolute Gasteiger partial charge is 0.256 e. The van der Waals surface area contributed by atoms with Gasteiger partial charge in [-0.1, -0.05) is 0 Å². The molecule has 2 rings (SSSR count). The Balaban J connectivity index is 2.08. The normalized spacial score (nSPS) is 19.3. The summed E-state index contributed by atoms with van der Waals surface area (Å²) in [5.41, 5.74) is 4.99. The molecule has 1 saturated heterocycles. The quantitative estimate of drug-likeness (QED) is 0.857. The fraction of sp³-hybridized carbons (Fsp3) is 0.500. The van der Waals surface area contributed by atoms with Crippen LogP contribution in [-0.4, -0.2) is 49.4 Å². The number of likely N-dealkylation sites (tertiary alicyclic amines) is 1. The Hall–Kier alpha value is -1.69. The van der Waals surface area contributed by atoms with Gasteiger partial charge in [0, 0.05) is 26.2 Å². The van der Waals surface area contributed by atoms with E-state index in [1.807, 2.05) is 7.05 Å². The van der Waals surface area contributed by atoms with E-state index in [9.17, 15) is 13.6 Å². The van der Waals surface area contributed by atoms with Gasteiger partial charge >= 0.3 is 0 Å². The number of hydrogen-bond donors (Lipinski definition) is 1. The van der Waals surface area contributed by atoms with Gasteiger partial charge in [-0.2, -0.15) is 0 Å². The molecule has 1 unspecified atom stereocenters. The number of hydrogen-bond acceptors (Lipinski definition) is 3. The van der Waals surface area contributed by atoms with E-state index in [0.29, 0.717) is 18.5 Å². The summed E-state index contributed by atoms with van der Waals surface area (Å²) < 4.78 is 26.8. The lowest BCUT2D eigenvalue weighted by molar-refractivity contribution is 0.0769. The molecule has 20 heavy (non-hydrogen) atoms. The van der Waals surface area contributed by atoms with Crippen molar-refractivity contribution in [3.63, 3.8) is 0 Å². The van der Waals surface area contributed by atoms with E-state index in [1.165, 1.54) is 4.90 Å². The average Bonchev–Trinajstić information content (AvgIpc) is 2.78. The van der Waals surface area contributed by atoms with Crippen molar-refractivity contribution in [3.05, 3.63) is 29.3 Å². The van der Waals surface area contributed by atoms with Crippen LogP contribution in [0.5, 0.6) is 0 Å². The predicted molar refractivity (Wildman–Crippen MR) is 73.3 cm³/mol. The van der Waals surface area contributed by atoms with Crippen LogP contribution in [0.4, 0.5) is 14.5 Å². The summed E-state index contributed by atoms with van der Waals surface area (Å²) in [6.45, 7) is 2.48. The Morgan fingerprint density at radius 1 is 1.45 bits per heavy atom. The summed E-state index contributed by atoms with van der Waals surface area (Å²) in [5, 5.41) is 0. The molecule has 0 bridgehead atoms. The minimum Gasteiger partial charge on any atom is -0.396 e. The SMILES string of the molecule is CN1CCC(CN(C)C(=O)c2cc(N)c(F)cc2F)C1. The van der Waals surface area contributed by atoms with Crippen LogP contribution >= 0.6 is 0 Å². The highest BCUT2D eigenvalue weighted by atomic mass is 19.1. The van der Waals surface area contributed by atoms with E-state index in [0.717, 1.165) is 25.6 Å². The average molecular weight is 283 g/mol. The number of carbonyl (C=O) groups is 1. The van der Waals surface area contributed by atoms with Crippen LogP contribution < -0.4 is 5.73 Å². The summed E-state index contributed by atoms with van der Waals surface area (Å²) in [4.78, 5) is 15.9. The first kappa shape index (κ1) is 14.7. The molecular formula is C14H19F2N3O. The second-order valence-corrected chi connectivity index (χ2v) is 5.46. The van der Waals surface area contributed by atoms with E-state index >= 15 is 0 Å². The fourth-order valence-electron chi connectivity index (χ4n) is 2.58. The molecule has 1 aromatic rings. The van der Waals surface area contributed by atoms with Gasteiger partial charge in [0.05, 0.1) is 11.3 Å². The highest BCUT2D eigenvalue weighted by molar-refractivity contribution is 5.95. The molecule has 1 amide bonds. The predicted octanol–water partition coefficient (Wildman–Crippen LogP) is 1.57. The van der Waals surface area contributed by atoms with Crippen molar-refractivity contribution in [2.75, 3.05) is 39.5 Å². The molecule has 4 nitrogen and oxygen atoms in total. The Bertz CT molecular complexity index is 521. The molecule has 0 radical (unpaired) electrons. The standard InChI is InChI=1S/C14H19F2N3O/c1-18-4-3-9(7-18)8-19(2)14(20)10-5-13(17)12(16)6-11(10)15/h5-6,9H,3-4,7-8,17H2,1-2H3. The second-order valence-electron chi connectivity index (χ2n) is 5.46. The van der Waals surface area contributed by atoms with Crippen molar-refractivity contribution in [2.24, 2.45) is 5.92 Å². The van der Waals surface area contributed by atoms with Crippen LogP contribution in [0.25, 0.3) is 0 Å². The maximum absolute atomic E-state index is 13.7. The summed E-state index contributed by atoms with van der Waals surface area (Å²) in [7, 11) is 3.65. The molecular weight excluding hydrogens is 264 g/mol. The van der Waals surface area contributed by atoms with Gasteiger partial charge in [-0.05, 0) is 32.0 Å². The Labute approximate surface area is 117 Å². The summed E-state index contributed by atoms with van der Waals surface area (Å²) in [6.07, 6.45) is 1.02. The number of anilines is 1. The zero-order valence-electron chi connectivity index (χ0n) is 11.7. The van der Waals surface area contributed by atoms with Crippen molar-refractivity contribution >= 4 is 11.6 Å². The van der Waals surface area contributed by atoms with Crippen LogP contribution in [0.15, 0.2) is 12.1 Å². The van der Waals surface area contributed by atoms with Crippen LogP contribution in [-0.2, 0) is 0 Å². The Morgan fingerprint density at radius 2 is 2.15 bits per heavy atom. The van der Waals surface area contributed by atoms with Crippen LogP contribution in [0.3, 0.4) is 0 Å². The zero-order chi connectivity index (χ0) is 14.9. The van der Waals surface area contributed by atoms with E-state index in [-0.39, 0.29) is 11.3 Å². The summed E-state index contributed by atoms with van der Waals surface area (Å²) in [5.74, 6) is -1.81. The molecule has 1 atom stereocenters. The largest absolute Gasteiger partial charge is 0.396 e. The first-order chi connectivity index (χ1) is 9.38. The van der Waals surface area contributed by atoms with Gasteiger partial charge in [-0.3, -0.25) is 4.79 Å². The molecule has 0 saturated carbocycles. The third-order valence-corrected chi connectivity index (χ3v) is 3.68. The number of rotatable bonds is 3. The van der Waals surface area contributed by atoms with Gasteiger partial charge < -0.3 is 15.5 Å². The lowest BCUT2D eigenvalue weighted by atomic mass is 10.1.